The van der Waals surface area contributed by atoms with Crippen molar-refractivity contribution in [2.75, 3.05) is 6.54 Å². The van der Waals surface area contributed by atoms with Crippen LogP contribution in [0.4, 0.5) is 17.6 Å². The molecule has 2 atom stereocenters. The Labute approximate surface area is 213 Å². The summed E-state index contributed by atoms with van der Waals surface area (Å²) in [5.41, 5.74) is 1.31. The second-order valence-electron chi connectivity index (χ2n) is 8.39. The van der Waals surface area contributed by atoms with Crippen LogP contribution >= 0.6 is 11.6 Å². The van der Waals surface area contributed by atoms with Crippen molar-refractivity contribution in [3.05, 3.63) is 87.6 Å². The van der Waals surface area contributed by atoms with Gasteiger partial charge in [-0.15, -0.1) is 0 Å². The number of nitrogens with two attached hydrogens (primary N) is 1. The quantitative estimate of drug-likeness (QED) is 0.362. The first-order valence-corrected chi connectivity index (χ1v) is 11.2. The number of carboxylic acid groups (broad SMARTS) is 1. The number of fused-ring (bicyclic) bond motifs is 1. The molecule has 2 unspecified atom stereocenters. The fraction of sp³-hybridized carbons (Fsp3) is 0.192. The van der Waals surface area contributed by atoms with Gasteiger partial charge in [0.05, 0.1) is 45.4 Å². The highest BCUT2D eigenvalue weighted by Crippen LogP contribution is 2.41. The maximum absolute atomic E-state index is 15.7. The van der Waals surface area contributed by atoms with Crippen molar-refractivity contribution in [1.82, 2.24) is 9.78 Å². The molecule has 0 saturated carbocycles. The topological polar surface area (TPSA) is 98.2 Å². The molecule has 2 aromatic carbocycles. The summed E-state index contributed by atoms with van der Waals surface area (Å²) in [4.78, 5) is 24.9. The molecule has 0 aliphatic heterocycles. The number of aliphatic carboxylic acids is 1. The number of carboxylic acids is 1. The summed E-state index contributed by atoms with van der Waals surface area (Å²) in [5, 5.41) is 13.3. The van der Waals surface area contributed by atoms with Gasteiger partial charge in [0, 0.05) is 10.9 Å². The van der Waals surface area contributed by atoms with E-state index in [4.69, 9.17) is 17.3 Å². The normalized spacial score (nSPS) is 19.3. The van der Waals surface area contributed by atoms with Gasteiger partial charge in [-0.2, -0.15) is 23.0 Å². The van der Waals surface area contributed by atoms with Gasteiger partial charge in [0.1, 0.15) is 5.67 Å². The monoisotopic (exact) mass is 531 g/mol. The molecule has 1 aromatic heterocycles. The van der Waals surface area contributed by atoms with E-state index in [1.54, 1.807) is 6.07 Å². The minimum Gasteiger partial charge on any atom is -0.478 e. The van der Waals surface area contributed by atoms with Crippen molar-refractivity contribution >= 4 is 34.4 Å². The molecule has 3 aromatic rings. The molecule has 1 aliphatic carbocycles. The molecule has 190 valence electrons. The van der Waals surface area contributed by atoms with Crippen molar-refractivity contribution < 1.29 is 32.3 Å². The zero-order chi connectivity index (χ0) is 27.1. The lowest BCUT2D eigenvalue weighted by Crippen LogP contribution is -2.29. The van der Waals surface area contributed by atoms with Gasteiger partial charge in [-0.3, -0.25) is 4.79 Å². The fourth-order valence-electron chi connectivity index (χ4n) is 4.16. The van der Waals surface area contributed by atoms with Crippen LogP contribution in [0.1, 0.15) is 40.0 Å². The van der Waals surface area contributed by atoms with Crippen LogP contribution in [0.15, 0.2) is 60.2 Å². The number of hydrogen-bond donors (Lipinski definition) is 2. The number of alkyl halides is 4. The fourth-order valence-corrected chi connectivity index (χ4v) is 4.41. The SMILES string of the molecule is CC1(F)C=C(C(=O)O)C=CC1c1nn(C(=O)c2c(Cl)cccc2C(F)(F)F)c2cc(C#CCN)ccc12. The van der Waals surface area contributed by atoms with Gasteiger partial charge < -0.3 is 10.8 Å². The number of aromatic nitrogens is 2. The Morgan fingerprint density at radius 3 is 2.62 bits per heavy atom. The lowest BCUT2D eigenvalue weighted by atomic mass is 9.81. The average Bonchev–Trinajstić information content (AvgIpc) is 3.19. The van der Waals surface area contributed by atoms with E-state index in [-0.39, 0.29) is 28.7 Å². The molecule has 11 heteroatoms. The number of allylic oxidation sites excluding steroid dienone is 2. The lowest BCUT2D eigenvalue weighted by Gasteiger charge is -2.27. The summed E-state index contributed by atoms with van der Waals surface area (Å²) >= 11 is 6.04. The van der Waals surface area contributed by atoms with E-state index in [1.807, 2.05) is 0 Å². The highest BCUT2D eigenvalue weighted by Gasteiger charge is 2.40. The number of hydrogen-bond acceptors (Lipinski definition) is 4. The number of halogens is 5. The molecule has 3 N–H and O–H groups in total. The molecule has 0 saturated heterocycles. The largest absolute Gasteiger partial charge is 0.478 e. The predicted octanol–water partition coefficient (Wildman–Crippen LogP) is 5.10. The third-order valence-corrected chi connectivity index (χ3v) is 6.14. The Morgan fingerprint density at radius 2 is 2.00 bits per heavy atom. The molecule has 0 fully saturated rings. The highest BCUT2D eigenvalue weighted by atomic mass is 35.5. The second kappa shape index (κ2) is 9.50. The van der Waals surface area contributed by atoms with E-state index < -0.39 is 45.8 Å². The highest BCUT2D eigenvalue weighted by molar-refractivity contribution is 6.34. The van der Waals surface area contributed by atoms with Crippen molar-refractivity contribution in [3.63, 3.8) is 0 Å². The van der Waals surface area contributed by atoms with Crippen molar-refractivity contribution in [1.29, 1.82) is 0 Å². The standard InChI is InChI=1S/C26H18ClF4N3O3/c1-25(28)13-15(24(36)37)8-10-18(25)22-16-9-7-14(4-3-11-32)12-20(16)34(33-22)23(35)21-17(26(29,30)31)5-2-6-19(21)27/h2,5-10,12-13,18H,11,32H2,1H3,(H,36,37). The smallest absolute Gasteiger partial charge is 0.417 e. The van der Waals surface area contributed by atoms with E-state index in [9.17, 15) is 27.9 Å². The number of carbonyl (C=O) groups is 2. The summed E-state index contributed by atoms with van der Waals surface area (Å²) in [6.07, 6.45) is -1.47. The summed E-state index contributed by atoms with van der Waals surface area (Å²) in [6.45, 7) is 1.19. The maximum Gasteiger partial charge on any atom is 0.417 e. The number of benzene rings is 2. The van der Waals surface area contributed by atoms with Crippen LogP contribution < -0.4 is 5.73 Å². The number of nitrogens with zero attached hydrogens (tertiary/aromatic N) is 2. The van der Waals surface area contributed by atoms with Gasteiger partial charge in [-0.05, 0) is 43.3 Å². The van der Waals surface area contributed by atoms with Crippen LogP contribution in [0, 0.1) is 11.8 Å². The minimum atomic E-state index is -4.89. The van der Waals surface area contributed by atoms with Crippen LogP contribution in [0.3, 0.4) is 0 Å². The van der Waals surface area contributed by atoms with Crippen LogP contribution in [0.2, 0.25) is 5.02 Å². The van der Waals surface area contributed by atoms with Gasteiger partial charge in [-0.25, -0.2) is 9.18 Å². The Kier molecular flexibility index (Phi) is 6.71. The summed E-state index contributed by atoms with van der Waals surface area (Å²) in [5.74, 6) is 1.76. The molecule has 0 amide bonds. The van der Waals surface area contributed by atoms with Crippen LogP contribution in [-0.2, 0) is 11.0 Å². The third kappa shape index (κ3) is 4.88. The van der Waals surface area contributed by atoms with Crippen LogP contribution in [0.25, 0.3) is 10.9 Å². The van der Waals surface area contributed by atoms with E-state index >= 15 is 4.39 Å². The average molecular weight is 532 g/mol. The summed E-state index contributed by atoms with van der Waals surface area (Å²) < 4.78 is 57.6. The molecular weight excluding hydrogens is 514 g/mol. The maximum atomic E-state index is 15.7. The molecule has 1 heterocycles. The molecule has 0 radical (unpaired) electrons. The Morgan fingerprint density at radius 1 is 1.27 bits per heavy atom. The third-order valence-electron chi connectivity index (χ3n) is 5.83. The number of carbonyl (C=O) groups excluding carboxylic acids is 1. The predicted molar refractivity (Wildman–Crippen MR) is 129 cm³/mol. The molecule has 0 bridgehead atoms. The molecule has 37 heavy (non-hydrogen) atoms. The van der Waals surface area contributed by atoms with Crippen LogP contribution in [0.5, 0.6) is 0 Å². The molecule has 4 rings (SSSR count). The number of rotatable bonds is 3. The van der Waals surface area contributed by atoms with Crippen molar-refractivity contribution in [2.45, 2.75) is 24.7 Å². The van der Waals surface area contributed by atoms with Crippen molar-refractivity contribution in [2.24, 2.45) is 5.73 Å². The zero-order valence-corrected chi connectivity index (χ0v) is 19.9. The van der Waals surface area contributed by atoms with Gasteiger partial charge in [-0.1, -0.05) is 41.7 Å². The van der Waals surface area contributed by atoms with Crippen molar-refractivity contribution in [3.8, 4) is 11.8 Å². The van der Waals surface area contributed by atoms with E-state index in [0.29, 0.717) is 5.56 Å². The van der Waals surface area contributed by atoms with Crippen LogP contribution in [-0.4, -0.2) is 39.0 Å². The van der Waals surface area contributed by atoms with E-state index in [0.717, 1.165) is 35.9 Å². The minimum absolute atomic E-state index is 0.0178. The zero-order valence-electron chi connectivity index (χ0n) is 19.1. The first-order valence-electron chi connectivity index (χ1n) is 10.8. The van der Waals surface area contributed by atoms with Gasteiger partial charge in [0.25, 0.3) is 5.91 Å². The Bertz CT molecular complexity index is 1560. The summed E-state index contributed by atoms with van der Waals surface area (Å²) in [7, 11) is 0. The van der Waals surface area contributed by atoms with E-state index in [2.05, 4.69) is 16.9 Å². The van der Waals surface area contributed by atoms with Gasteiger partial charge in [0.2, 0.25) is 0 Å². The molecule has 6 nitrogen and oxygen atoms in total. The molecular formula is C26H18ClF4N3O3. The lowest BCUT2D eigenvalue weighted by molar-refractivity contribution is -0.138. The second-order valence-corrected chi connectivity index (χ2v) is 8.80. The Hall–Kier alpha value is -3.94. The first-order chi connectivity index (χ1) is 17.3. The molecule has 0 spiro atoms. The first kappa shape index (κ1) is 26.1. The molecule has 1 aliphatic rings. The Balaban J connectivity index is 1.97. The van der Waals surface area contributed by atoms with Gasteiger partial charge in [0.15, 0.2) is 0 Å². The summed E-state index contributed by atoms with van der Waals surface area (Å²) in [6, 6.07) is 7.46. The van der Waals surface area contributed by atoms with Gasteiger partial charge >= 0.3 is 12.1 Å². The van der Waals surface area contributed by atoms with E-state index in [1.165, 1.54) is 24.3 Å².